The van der Waals surface area contributed by atoms with E-state index in [1.54, 1.807) is 31.3 Å². The van der Waals surface area contributed by atoms with Crippen LogP contribution in [0.2, 0.25) is 0 Å². The summed E-state index contributed by atoms with van der Waals surface area (Å²) in [6.07, 6.45) is -3.92. The molecule has 4 aromatic rings. The van der Waals surface area contributed by atoms with Gasteiger partial charge in [0.1, 0.15) is 23.5 Å². The van der Waals surface area contributed by atoms with Crippen molar-refractivity contribution in [3.05, 3.63) is 48.8 Å². The Bertz CT molecular complexity index is 1880. The molecule has 6 rings (SSSR count). The lowest BCUT2D eigenvalue weighted by Crippen LogP contribution is -2.38. The van der Waals surface area contributed by atoms with Gasteiger partial charge in [-0.25, -0.2) is 13.9 Å². The lowest BCUT2D eigenvalue weighted by molar-refractivity contribution is -0.148. The highest BCUT2D eigenvalue weighted by Gasteiger charge is 2.90. The van der Waals surface area contributed by atoms with Gasteiger partial charge in [-0.1, -0.05) is 57.2 Å². The molecule has 17 heteroatoms. The van der Waals surface area contributed by atoms with Crippen molar-refractivity contribution in [1.29, 1.82) is 0 Å². The number of anilines is 2. The average Bonchev–Trinajstić information content (AvgIpc) is 3.25. The zero-order chi connectivity index (χ0) is 33.9. The summed E-state index contributed by atoms with van der Waals surface area (Å²) in [5, 5.41) is 18.6. The number of halogens is 2. The highest BCUT2D eigenvalue weighted by molar-refractivity contribution is 7.52. The van der Waals surface area contributed by atoms with Crippen molar-refractivity contribution in [3.63, 3.8) is 0 Å². The van der Waals surface area contributed by atoms with Crippen molar-refractivity contribution < 1.29 is 37.4 Å². The third-order valence-corrected chi connectivity index (χ3v) is 10.2. The Morgan fingerprint density at radius 2 is 1.98 bits per heavy atom. The lowest BCUT2D eigenvalue weighted by Gasteiger charge is -2.27. The van der Waals surface area contributed by atoms with Crippen LogP contribution in [-0.2, 0) is 23.4 Å². The molecule has 2 fully saturated rings. The summed E-state index contributed by atoms with van der Waals surface area (Å²) in [4.78, 5) is 25.4. The van der Waals surface area contributed by atoms with Gasteiger partial charge in [0.15, 0.2) is 35.0 Å². The third-order valence-electron chi connectivity index (χ3n) is 8.13. The zero-order valence-electron chi connectivity index (χ0n) is 26.3. The number of rotatable bonds is 11. The number of nitrogens with one attached hydrogen (secondary N) is 2. The fourth-order valence-corrected chi connectivity index (χ4v) is 7.88. The molecule has 1 unspecified atom stereocenters. The number of hydrogen-bond donors (Lipinski definition) is 4. The molecule has 1 saturated carbocycles. The standard InChI is InChI=1S/C30H36ClFN7O7P/c1-16(25(40)43-14-28(2,3)4)38-47(42,45-19-12-8-10-17-9-6-7-11-18(17)19)46-26-29(13-31)30(26,41)21(32)24(44-29)39-15-35-20-22(34-5)36-27(33)37-23(20)39/h6-12,15-16,21,24,26,41H,13-14H2,1-5H3,(H,38,42)(H3,33,34,36,37)/t16-,21-,24+,26?,29+,30+,47-/m0/s1. The molecule has 1 aliphatic heterocycles. The summed E-state index contributed by atoms with van der Waals surface area (Å²) in [7, 11) is -2.99. The van der Waals surface area contributed by atoms with Crippen molar-refractivity contribution in [2.45, 2.75) is 63.4 Å². The fraction of sp³-hybridized carbons (Fsp3) is 0.467. The molecule has 2 aromatic heterocycles. The molecule has 2 aliphatic rings. The van der Waals surface area contributed by atoms with Gasteiger partial charge in [0.2, 0.25) is 5.95 Å². The maximum Gasteiger partial charge on any atom is 0.459 e. The van der Waals surface area contributed by atoms with E-state index in [1.165, 1.54) is 17.8 Å². The molecule has 0 radical (unpaired) electrons. The van der Waals surface area contributed by atoms with Crippen LogP contribution in [0.25, 0.3) is 21.9 Å². The summed E-state index contributed by atoms with van der Waals surface area (Å²) in [6, 6.07) is 11.1. The van der Waals surface area contributed by atoms with Crippen molar-refractivity contribution >= 4 is 59.0 Å². The molecule has 47 heavy (non-hydrogen) atoms. The molecular formula is C30H36ClFN7O7P. The number of hydrogen-bond acceptors (Lipinski definition) is 12. The number of nitrogens with two attached hydrogens (primary N) is 1. The van der Waals surface area contributed by atoms with Gasteiger partial charge in [0, 0.05) is 12.4 Å². The number of esters is 1. The average molecular weight is 692 g/mol. The number of benzene rings is 2. The van der Waals surface area contributed by atoms with Gasteiger partial charge < -0.3 is 30.2 Å². The Kier molecular flexibility index (Phi) is 8.38. The Hall–Kier alpha value is -3.59. The first-order chi connectivity index (χ1) is 22.2. The molecular weight excluding hydrogens is 656 g/mol. The topological polar surface area (TPSA) is 185 Å². The summed E-state index contributed by atoms with van der Waals surface area (Å²) >= 11 is 6.33. The fourth-order valence-electron chi connectivity index (χ4n) is 5.70. The predicted octanol–water partition coefficient (Wildman–Crippen LogP) is 4.33. The normalized spacial score (nSPS) is 27.3. The van der Waals surface area contributed by atoms with E-state index in [1.807, 2.05) is 39.0 Å². The van der Waals surface area contributed by atoms with Gasteiger partial charge >= 0.3 is 13.7 Å². The van der Waals surface area contributed by atoms with E-state index in [9.17, 15) is 14.5 Å². The summed E-state index contributed by atoms with van der Waals surface area (Å²) in [5.74, 6) is -0.800. The van der Waals surface area contributed by atoms with Gasteiger partial charge in [0.05, 0.1) is 18.8 Å². The van der Waals surface area contributed by atoms with E-state index in [-0.39, 0.29) is 29.4 Å². The van der Waals surface area contributed by atoms with E-state index in [4.69, 9.17) is 35.9 Å². The third kappa shape index (κ3) is 5.68. The number of imidazole rings is 1. The van der Waals surface area contributed by atoms with Gasteiger partial charge in [-0.2, -0.15) is 15.1 Å². The summed E-state index contributed by atoms with van der Waals surface area (Å²) in [5.41, 5.74) is 1.72. The maximum absolute atomic E-state index is 16.4. The molecule has 1 saturated heterocycles. The first-order valence-corrected chi connectivity index (χ1v) is 16.9. The minimum Gasteiger partial charge on any atom is -0.464 e. The second-order valence-corrected chi connectivity index (χ2v) is 14.7. The van der Waals surface area contributed by atoms with E-state index < -0.39 is 55.3 Å². The van der Waals surface area contributed by atoms with Gasteiger partial charge in [-0.3, -0.25) is 13.9 Å². The van der Waals surface area contributed by atoms with Crippen LogP contribution in [0.3, 0.4) is 0 Å². The minimum atomic E-state index is -4.61. The molecule has 0 spiro atoms. The quantitative estimate of drug-likeness (QED) is 0.0991. The SMILES string of the molecule is CNc1nc(N)nc2c1ncn2[C@@H]1O[C@]2(CCl)C(O[P@](=O)(N[C@@H](C)C(=O)OCC(C)(C)C)Oc3cccc4ccccc34)[C@]2(O)[C@H]1F. The molecule has 2 aromatic carbocycles. The molecule has 0 amide bonds. The Labute approximate surface area is 274 Å². The predicted molar refractivity (Wildman–Crippen MR) is 173 cm³/mol. The van der Waals surface area contributed by atoms with E-state index in [0.29, 0.717) is 16.7 Å². The molecule has 0 bridgehead atoms. The van der Waals surface area contributed by atoms with Crippen LogP contribution in [-0.4, -0.2) is 79.6 Å². The van der Waals surface area contributed by atoms with Crippen LogP contribution in [0, 0.1) is 5.41 Å². The second kappa shape index (κ2) is 11.8. The molecule has 1 aliphatic carbocycles. The van der Waals surface area contributed by atoms with Crippen molar-refractivity contribution in [2.24, 2.45) is 5.41 Å². The van der Waals surface area contributed by atoms with Crippen LogP contribution in [0.15, 0.2) is 48.8 Å². The number of aliphatic hydroxyl groups is 1. The molecule has 3 heterocycles. The number of alkyl halides is 2. The number of ether oxygens (including phenoxy) is 2. The van der Waals surface area contributed by atoms with Crippen molar-refractivity contribution in [3.8, 4) is 5.75 Å². The molecule has 252 valence electrons. The largest absolute Gasteiger partial charge is 0.464 e. The lowest BCUT2D eigenvalue weighted by atomic mass is 9.99. The van der Waals surface area contributed by atoms with Crippen LogP contribution < -0.4 is 20.7 Å². The second-order valence-electron chi connectivity index (χ2n) is 12.8. The molecule has 14 nitrogen and oxygen atoms in total. The highest BCUT2D eigenvalue weighted by Crippen LogP contribution is 2.69. The monoisotopic (exact) mass is 691 g/mol. The Morgan fingerprint density at radius 3 is 2.66 bits per heavy atom. The number of nitrogens with zero attached hydrogens (tertiary/aromatic N) is 4. The summed E-state index contributed by atoms with van der Waals surface area (Å²) in [6.45, 7) is 7.20. The first-order valence-electron chi connectivity index (χ1n) is 14.8. The van der Waals surface area contributed by atoms with Crippen LogP contribution in [0.4, 0.5) is 16.2 Å². The summed E-state index contributed by atoms with van der Waals surface area (Å²) < 4.78 is 55.7. The number of aromatic nitrogens is 4. The van der Waals surface area contributed by atoms with Crippen LogP contribution in [0.5, 0.6) is 5.75 Å². The highest BCUT2D eigenvalue weighted by atomic mass is 35.5. The minimum absolute atomic E-state index is 0.0955. The van der Waals surface area contributed by atoms with E-state index >= 15 is 4.39 Å². The van der Waals surface area contributed by atoms with Crippen LogP contribution in [0.1, 0.15) is 33.9 Å². The first kappa shape index (κ1) is 33.3. The van der Waals surface area contributed by atoms with Crippen molar-refractivity contribution in [2.75, 3.05) is 30.6 Å². The van der Waals surface area contributed by atoms with Crippen LogP contribution >= 0.6 is 19.3 Å². The zero-order valence-corrected chi connectivity index (χ0v) is 28.0. The smallest absolute Gasteiger partial charge is 0.459 e. The Balaban J connectivity index is 1.31. The van der Waals surface area contributed by atoms with Crippen molar-refractivity contribution in [1.82, 2.24) is 24.6 Å². The maximum atomic E-state index is 16.4. The Morgan fingerprint density at radius 1 is 1.26 bits per heavy atom. The molecule has 7 atom stereocenters. The van der Waals surface area contributed by atoms with E-state index in [0.717, 1.165) is 5.39 Å². The number of fused-ring (bicyclic) bond motifs is 3. The molecule has 5 N–H and O–H groups in total. The van der Waals surface area contributed by atoms with Gasteiger partial charge in [-0.05, 0) is 23.8 Å². The van der Waals surface area contributed by atoms with Gasteiger partial charge in [-0.15, -0.1) is 11.6 Å². The number of carbonyl (C=O) groups excluding carboxylic acids is 1. The van der Waals surface area contributed by atoms with E-state index in [2.05, 4.69) is 25.4 Å². The number of nitrogen functional groups attached to an aromatic ring is 1. The number of carbonyl (C=O) groups is 1. The van der Waals surface area contributed by atoms with Gasteiger partial charge in [0.25, 0.3) is 0 Å².